The van der Waals surface area contributed by atoms with Gasteiger partial charge in [0.05, 0.1) is 12.5 Å². The molecule has 0 aromatic rings. The Morgan fingerprint density at radius 1 is 1.00 bits per heavy atom. The van der Waals surface area contributed by atoms with Crippen LogP contribution in [0.3, 0.4) is 0 Å². The standard InChI is InChI=1S/C18H28N2/c19-6-5-17(20-16-3-1-2-4-16)18-10-13-7-14(11-18)9-15(8-13)12-18/h13-17,20H,1-5,7-12H2. The average molecular weight is 272 g/mol. The van der Waals surface area contributed by atoms with Crippen molar-refractivity contribution in [2.45, 2.75) is 82.7 Å². The zero-order valence-corrected chi connectivity index (χ0v) is 12.6. The highest BCUT2D eigenvalue weighted by molar-refractivity contribution is 5.08. The van der Waals surface area contributed by atoms with Crippen LogP contribution in [-0.2, 0) is 0 Å². The maximum Gasteiger partial charge on any atom is 0.0638 e. The molecule has 4 bridgehead atoms. The third-order valence-electron chi connectivity index (χ3n) is 6.91. The van der Waals surface area contributed by atoms with Crippen molar-refractivity contribution in [2.75, 3.05) is 0 Å². The van der Waals surface area contributed by atoms with E-state index in [1.807, 2.05) is 0 Å². The minimum absolute atomic E-state index is 0.490. The van der Waals surface area contributed by atoms with Crippen LogP contribution in [0, 0.1) is 34.5 Å². The third-order valence-corrected chi connectivity index (χ3v) is 6.91. The van der Waals surface area contributed by atoms with E-state index in [-0.39, 0.29) is 0 Å². The van der Waals surface area contributed by atoms with Crippen molar-refractivity contribution in [3.8, 4) is 6.07 Å². The molecule has 5 aliphatic rings. The van der Waals surface area contributed by atoms with Crippen molar-refractivity contribution in [3.05, 3.63) is 0 Å². The molecule has 0 heterocycles. The Kier molecular flexibility index (Phi) is 3.30. The molecule has 5 saturated carbocycles. The van der Waals surface area contributed by atoms with Crippen molar-refractivity contribution < 1.29 is 0 Å². The lowest BCUT2D eigenvalue weighted by Gasteiger charge is -2.59. The van der Waals surface area contributed by atoms with Gasteiger partial charge in [0, 0.05) is 12.1 Å². The predicted molar refractivity (Wildman–Crippen MR) is 80.0 cm³/mol. The quantitative estimate of drug-likeness (QED) is 0.839. The van der Waals surface area contributed by atoms with Crippen LogP contribution in [0.5, 0.6) is 0 Å². The summed E-state index contributed by atoms with van der Waals surface area (Å²) >= 11 is 0. The molecule has 20 heavy (non-hydrogen) atoms. The van der Waals surface area contributed by atoms with Gasteiger partial charge in [-0.25, -0.2) is 0 Å². The Morgan fingerprint density at radius 2 is 1.55 bits per heavy atom. The van der Waals surface area contributed by atoms with Crippen LogP contribution in [0.4, 0.5) is 0 Å². The lowest BCUT2D eigenvalue weighted by atomic mass is 9.47. The van der Waals surface area contributed by atoms with Crippen molar-refractivity contribution in [2.24, 2.45) is 23.2 Å². The van der Waals surface area contributed by atoms with Crippen LogP contribution < -0.4 is 5.32 Å². The van der Waals surface area contributed by atoms with Gasteiger partial charge in [0.1, 0.15) is 0 Å². The van der Waals surface area contributed by atoms with E-state index in [2.05, 4.69) is 11.4 Å². The molecule has 0 aliphatic heterocycles. The van der Waals surface area contributed by atoms with Crippen LogP contribution in [0.1, 0.15) is 70.6 Å². The van der Waals surface area contributed by atoms with Gasteiger partial charge in [0.15, 0.2) is 0 Å². The summed E-state index contributed by atoms with van der Waals surface area (Å²) < 4.78 is 0. The van der Waals surface area contributed by atoms with Gasteiger partial charge in [0.25, 0.3) is 0 Å². The highest BCUT2D eigenvalue weighted by Gasteiger charge is 2.54. The van der Waals surface area contributed by atoms with Gasteiger partial charge in [-0.2, -0.15) is 5.26 Å². The molecule has 0 radical (unpaired) electrons. The molecule has 1 N–H and O–H groups in total. The van der Waals surface area contributed by atoms with Gasteiger partial charge in [-0.1, -0.05) is 12.8 Å². The first-order valence-corrected chi connectivity index (χ1v) is 8.90. The summed E-state index contributed by atoms with van der Waals surface area (Å²) in [6.45, 7) is 0. The Labute approximate surface area is 123 Å². The molecule has 1 atom stereocenters. The number of hydrogen-bond acceptors (Lipinski definition) is 2. The Morgan fingerprint density at radius 3 is 2.05 bits per heavy atom. The average Bonchev–Trinajstić information content (AvgIpc) is 2.89. The molecule has 110 valence electrons. The smallest absolute Gasteiger partial charge is 0.0638 e. The Hall–Kier alpha value is -0.550. The molecule has 5 fully saturated rings. The van der Waals surface area contributed by atoms with Gasteiger partial charge in [0.2, 0.25) is 0 Å². The fraction of sp³-hybridized carbons (Fsp3) is 0.944. The van der Waals surface area contributed by atoms with Crippen LogP contribution in [0.25, 0.3) is 0 Å². The fourth-order valence-corrected chi connectivity index (χ4v) is 6.52. The molecule has 5 aliphatic carbocycles. The minimum atomic E-state index is 0.490. The first-order valence-electron chi connectivity index (χ1n) is 8.90. The first kappa shape index (κ1) is 13.1. The second kappa shape index (κ2) is 5.02. The molecule has 0 amide bonds. The van der Waals surface area contributed by atoms with E-state index in [0.717, 1.165) is 24.2 Å². The first-order chi connectivity index (χ1) is 9.77. The van der Waals surface area contributed by atoms with Crippen molar-refractivity contribution in [3.63, 3.8) is 0 Å². The summed E-state index contributed by atoms with van der Waals surface area (Å²) in [6, 6.07) is 3.70. The molecule has 0 aromatic heterocycles. The molecular formula is C18H28N2. The van der Waals surface area contributed by atoms with Crippen LogP contribution in [0.2, 0.25) is 0 Å². The Balaban J connectivity index is 1.54. The lowest BCUT2D eigenvalue weighted by Crippen LogP contribution is -2.57. The highest BCUT2D eigenvalue weighted by atomic mass is 15.0. The lowest BCUT2D eigenvalue weighted by molar-refractivity contribution is -0.0747. The summed E-state index contributed by atoms with van der Waals surface area (Å²) in [5.74, 6) is 2.98. The largest absolute Gasteiger partial charge is 0.310 e. The molecule has 2 heteroatoms. The highest BCUT2D eigenvalue weighted by Crippen LogP contribution is 2.61. The summed E-state index contributed by atoms with van der Waals surface area (Å²) in [5.41, 5.74) is 0.493. The summed E-state index contributed by atoms with van der Waals surface area (Å²) in [4.78, 5) is 0. The van der Waals surface area contributed by atoms with E-state index in [1.165, 1.54) is 64.2 Å². The van der Waals surface area contributed by atoms with Crippen LogP contribution >= 0.6 is 0 Å². The minimum Gasteiger partial charge on any atom is -0.310 e. The number of hydrogen-bond donors (Lipinski definition) is 1. The van der Waals surface area contributed by atoms with E-state index in [0.29, 0.717) is 17.5 Å². The van der Waals surface area contributed by atoms with Crippen molar-refractivity contribution in [1.29, 1.82) is 5.26 Å². The van der Waals surface area contributed by atoms with Crippen molar-refractivity contribution in [1.82, 2.24) is 5.32 Å². The topological polar surface area (TPSA) is 35.8 Å². The van der Waals surface area contributed by atoms with Gasteiger partial charge < -0.3 is 5.32 Å². The monoisotopic (exact) mass is 272 g/mol. The van der Waals surface area contributed by atoms with E-state index >= 15 is 0 Å². The van der Waals surface area contributed by atoms with Gasteiger partial charge >= 0.3 is 0 Å². The van der Waals surface area contributed by atoms with Crippen LogP contribution in [0.15, 0.2) is 0 Å². The number of nitriles is 1. The molecule has 1 unspecified atom stereocenters. The van der Waals surface area contributed by atoms with Gasteiger partial charge in [-0.3, -0.25) is 0 Å². The fourth-order valence-electron chi connectivity index (χ4n) is 6.52. The molecule has 0 spiro atoms. The van der Waals surface area contributed by atoms with Crippen molar-refractivity contribution >= 4 is 0 Å². The maximum atomic E-state index is 9.32. The maximum absolute atomic E-state index is 9.32. The SMILES string of the molecule is N#CCC(NC1CCCC1)C12CC3CC(CC(C3)C1)C2. The summed E-state index contributed by atoms with van der Waals surface area (Å²) in [7, 11) is 0. The zero-order chi connectivity index (χ0) is 13.6. The number of nitrogens with one attached hydrogen (secondary N) is 1. The van der Waals surface area contributed by atoms with E-state index in [9.17, 15) is 5.26 Å². The predicted octanol–water partition coefficient (Wildman–Crippen LogP) is 4.02. The summed E-state index contributed by atoms with van der Waals surface area (Å²) in [5, 5.41) is 13.3. The normalized spacial score (nSPS) is 44.6. The third kappa shape index (κ3) is 2.19. The summed E-state index contributed by atoms with van der Waals surface area (Å²) in [6.07, 6.45) is 15.0. The zero-order valence-electron chi connectivity index (χ0n) is 12.6. The van der Waals surface area contributed by atoms with Gasteiger partial charge in [-0.05, 0) is 74.5 Å². The molecule has 0 aromatic carbocycles. The van der Waals surface area contributed by atoms with Gasteiger partial charge in [-0.15, -0.1) is 0 Å². The Bertz CT molecular complexity index is 367. The van der Waals surface area contributed by atoms with E-state index in [1.54, 1.807) is 0 Å². The molecule has 0 saturated heterocycles. The molecular weight excluding hydrogens is 244 g/mol. The second-order valence-corrected chi connectivity index (χ2v) is 8.34. The molecule has 5 rings (SSSR count). The molecule has 2 nitrogen and oxygen atoms in total. The van der Waals surface area contributed by atoms with E-state index < -0.39 is 0 Å². The number of rotatable bonds is 4. The second-order valence-electron chi connectivity index (χ2n) is 8.34. The van der Waals surface area contributed by atoms with E-state index in [4.69, 9.17) is 0 Å². The van der Waals surface area contributed by atoms with Crippen LogP contribution in [-0.4, -0.2) is 12.1 Å². The number of nitrogens with zero attached hydrogens (tertiary/aromatic N) is 1.